The fraction of sp³-hybridized carbons (Fsp3) is 0.636. The molecule has 4 N–H and O–H groups in total. The number of rotatable bonds is 12. The first-order chi connectivity index (χ1) is 19.8. The minimum Gasteiger partial charge on any atom is -0.461 e. The number of anilines is 1. The Labute approximate surface area is 240 Å². The number of alkyl halides is 2. The topological polar surface area (TPSA) is 220 Å². The number of nitro groups is 1. The molecule has 20 heteroatoms. The number of carbonyl (C=O) groups is 1. The molecular weight excluding hydrogens is 609 g/mol. The van der Waals surface area contributed by atoms with Gasteiger partial charge in [0.05, 0.1) is 18.1 Å². The zero-order chi connectivity index (χ0) is 30.7. The van der Waals surface area contributed by atoms with Gasteiger partial charge in [-0.2, -0.15) is 13.8 Å². The molecule has 2 aromatic rings. The van der Waals surface area contributed by atoms with Crippen molar-refractivity contribution in [1.29, 1.82) is 0 Å². The summed E-state index contributed by atoms with van der Waals surface area (Å²) in [6.45, 7) is -0.0888. The molecule has 4 rings (SSSR count). The van der Waals surface area contributed by atoms with Gasteiger partial charge in [-0.1, -0.05) is 17.8 Å². The SMILES string of the molecule is C[C@H](NP(=O)(OCc1ccc([N+](=O)[O-])s1)OC[C@H]1O[C@@H](n2cnc(N)nc2=O)C(F)(F)[C@H]1O)C(=O)OC1CCCCC1. The third kappa shape index (κ3) is 7.52. The van der Waals surface area contributed by atoms with E-state index < -0.39 is 73.9 Å². The van der Waals surface area contributed by atoms with Gasteiger partial charge in [-0.05, 0) is 38.7 Å². The van der Waals surface area contributed by atoms with E-state index in [1.54, 1.807) is 0 Å². The Morgan fingerprint density at radius 3 is 2.74 bits per heavy atom. The number of esters is 1. The number of aliphatic hydroxyl groups is 1. The molecule has 1 unspecified atom stereocenters. The van der Waals surface area contributed by atoms with Crippen molar-refractivity contribution in [2.75, 3.05) is 12.3 Å². The highest BCUT2D eigenvalue weighted by Crippen LogP contribution is 2.48. The molecule has 2 aromatic heterocycles. The lowest BCUT2D eigenvalue weighted by molar-refractivity contribution is -0.380. The molecule has 42 heavy (non-hydrogen) atoms. The van der Waals surface area contributed by atoms with E-state index in [2.05, 4.69) is 15.1 Å². The molecule has 0 bridgehead atoms. The number of carbonyl (C=O) groups excluding carboxylic acids is 1. The number of hydrogen-bond donors (Lipinski definition) is 3. The van der Waals surface area contributed by atoms with Gasteiger partial charge < -0.3 is 20.3 Å². The Morgan fingerprint density at radius 1 is 1.38 bits per heavy atom. The second kappa shape index (κ2) is 13.2. The number of ether oxygens (including phenoxy) is 2. The monoisotopic (exact) mass is 638 g/mol. The van der Waals surface area contributed by atoms with Crippen LogP contribution >= 0.6 is 19.1 Å². The Kier molecular flexibility index (Phi) is 10.0. The van der Waals surface area contributed by atoms with Crippen molar-refractivity contribution in [2.24, 2.45) is 0 Å². The maximum atomic E-state index is 14.9. The summed E-state index contributed by atoms with van der Waals surface area (Å²) >= 11 is 0.737. The Morgan fingerprint density at radius 2 is 2.10 bits per heavy atom. The number of nitrogens with one attached hydrogen (secondary N) is 1. The molecule has 1 aliphatic carbocycles. The lowest BCUT2D eigenvalue weighted by Crippen LogP contribution is -2.42. The van der Waals surface area contributed by atoms with E-state index in [0.29, 0.717) is 23.7 Å². The van der Waals surface area contributed by atoms with Crippen molar-refractivity contribution in [2.45, 2.75) is 82.1 Å². The van der Waals surface area contributed by atoms with Gasteiger partial charge in [0.15, 0.2) is 6.10 Å². The summed E-state index contributed by atoms with van der Waals surface area (Å²) in [7, 11) is -4.55. The predicted octanol–water partition coefficient (Wildman–Crippen LogP) is 2.28. The fourth-order valence-corrected chi connectivity index (χ4v) is 6.61. The van der Waals surface area contributed by atoms with Gasteiger partial charge >= 0.3 is 30.3 Å². The maximum Gasteiger partial charge on any atom is 0.406 e. The lowest BCUT2D eigenvalue weighted by Gasteiger charge is -2.26. The molecule has 1 saturated heterocycles. The van der Waals surface area contributed by atoms with Gasteiger partial charge in [-0.25, -0.2) is 24.0 Å². The number of nitrogens with zero attached hydrogens (tertiary/aromatic N) is 4. The number of nitrogen functional groups attached to an aromatic ring is 1. The standard InChI is InChI=1S/C22H29F2N6O10PS/c1-12(18(32)39-13-5-3-2-4-6-13)28-41(36,37-9-14-7-8-16(42-14)30(34)35)38-10-15-17(31)22(23,24)19(40-15)29-11-26-20(25)27-21(29)33/h7-8,11-13,15,17,19,31H,2-6,9-10H2,1H3,(H,28,36)(H2,25,27,33)/t12-,15+,17-,19+,41?/m0/s1. The molecule has 0 spiro atoms. The van der Waals surface area contributed by atoms with Gasteiger partial charge in [0.25, 0.3) is 0 Å². The van der Waals surface area contributed by atoms with Gasteiger partial charge in [-0.15, -0.1) is 0 Å². The van der Waals surface area contributed by atoms with Crippen LogP contribution in [0.5, 0.6) is 0 Å². The van der Waals surface area contributed by atoms with E-state index in [1.807, 2.05) is 0 Å². The molecule has 1 aliphatic heterocycles. The number of thiophene rings is 1. The number of nitrogens with two attached hydrogens (primary N) is 1. The van der Waals surface area contributed by atoms with Crippen molar-refractivity contribution in [3.63, 3.8) is 0 Å². The first-order valence-corrected chi connectivity index (χ1v) is 15.2. The third-order valence-corrected chi connectivity index (χ3v) is 9.20. The van der Waals surface area contributed by atoms with Crippen molar-refractivity contribution >= 4 is 36.0 Å². The van der Waals surface area contributed by atoms with Gasteiger partial charge in [0.1, 0.15) is 24.6 Å². The van der Waals surface area contributed by atoms with Crippen LogP contribution in [-0.4, -0.2) is 67.4 Å². The minimum atomic E-state index is -4.55. The van der Waals surface area contributed by atoms with Crippen LogP contribution in [0, 0.1) is 10.1 Å². The van der Waals surface area contributed by atoms with Crippen LogP contribution in [0.1, 0.15) is 50.1 Å². The van der Waals surface area contributed by atoms with Crippen LogP contribution in [0.3, 0.4) is 0 Å². The Bertz CT molecular complexity index is 1390. The summed E-state index contributed by atoms with van der Waals surface area (Å²) in [6.07, 6.45) is -2.20. The number of hydrogen-bond acceptors (Lipinski definition) is 14. The molecule has 0 amide bonds. The van der Waals surface area contributed by atoms with Crippen LogP contribution in [0.25, 0.3) is 0 Å². The maximum absolute atomic E-state index is 14.9. The summed E-state index contributed by atoms with van der Waals surface area (Å²) in [5.74, 6) is -5.26. The molecule has 5 atom stereocenters. The van der Waals surface area contributed by atoms with Crippen molar-refractivity contribution in [1.82, 2.24) is 19.6 Å². The van der Waals surface area contributed by atoms with Crippen LogP contribution in [-0.2, 0) is 34.5 Å². The van der Waals surface area contributed by atoms with E-state index in [0.717, 1.165) is 30.6 Å². The van der Waals surface area contributed by atoms with Crippen molar-refractivity contribution in [3.8, 4) is 0 Å². The zero-order valence-corrected chi connectivity index (χ0v) is 23.9. The predicted molar refractivity (Wildman–Crippen MR) is 140 cm³/mol. The molecule has 0 radical (unpaired) electrons. The minimum absolute atomic E-state index is 0.209. The van der Waals surface area contributed by atoms with Crippen LogP contribution < -0.4 is 16.5 Å². The van der Waals surface area contributed by atoms with Crippen LogP contribution in [0.15, 0.2) is 23.3 Å². The first-order valence-electron chi connectivity index (χ1n) is 12.8. The number of aromatic nitrogens is 3. The highest BCUT2D eigenvalue weighted by molar-refractivity contribution is 7.51. The molecule has 3 heterocycles. The molecule has 2 fully saturated rings. The smallest absolute Gasteiger partial charge is 0.406 e. The Balaban J connectivity index is 1.47. The van der Waals surface area contributed by atoms with E-state index >= 15 is 0 Å². The highest BCUT2D eigenvalue weighted by Gasteiger charge is 2.60. The van der Waals surface area contributed by atoms with Crippen molar-refractivity contribution < 1.29 is 46.7 Å². The highest BCUT2D eigenvalue weighted by atomic mass is 32.1. The van der Waals surface area contributed by atoms with Gasteiger partial charge in [0, 0.05) is 10.9 Å². The molecule has 16 nitrogen and oxygen atoms in total. The van der Waals surface area contributed by atoms with E-state index in [4.69, 9.17) is 24.3 Å². The summed E-state index contributed by atoms with van der Waals surface area (Å²) in [4.78, 5) is 42.2. The first kappa shape index (κ1) is 32.0. The summed E-state index contributed by atoms with van der Waals surface area (Å²) < 4.78 is 65.2. The lowest BCUT2D eigenvalue weighted by atomic mass is 9.98. The number of aliphatic hydroxyl groups excluding tert-OH is 1. The summed E-state index contributed by atoms with van der Waals surface area (Å²) in [6, 6.07) is 1.32. The van der Waals surface area contributed by atoms with Crippen LogP contribution in [0.2, 0.25) is 0 Å². The van der Waals surface area contributed by atoms with Crippen molar-refractivity contribution in [3.05, 3.63) is 43.9 Å². The van der Waals surface area contributed by atoms with Gasteiger partial charge in [0.2, 0.25) is 12.2 Å². The number of halogens is 2. The fourth-order valence-electron chi connectivity index (χ4n) is 4.34. The van der Waals surface area contributed by atoms with Crippen LogP contribution in [0.4, 0.5) is 19.7 Å². The second-order valence-corrected chi connectivity index (χ2v) is 12.6. The molecule has 0 aromatic carbocycles. The third-order valence-electron chi connectivity index (χ3n) is 6.53. The van der Waals surface area contributed by atoms with E-state index in [1.165, 1.54) is 19.1 Å². The van der Waals surface area contributed by atoms with Gasteiger partial charge in [-0.3, -0.25) is 24.0 Å². The average Bonchev–Trinajstić information content (AvgIpc) is 3.50. The molecule has 232 valence electrons. The molecule has 2 aliphatic rings. The normalized spacial score (nSPS) is 24.6. The largest absolute Gasteiger partial charge is 0.461 e. The zero-order valence-electron chi connectivity index (χ0n) is 22.2. The second-order valence-electron chi connectivity index (χ2n) is 9.66. The quantitative estimate of drug-likeness (QED) is 0.131. The van der Waals surface area contributed by atoms with E-state index in [9.17, 15) is 38.2 Å². The molecule has 1 saturated carbocycles. The molecular formula is C22H29F2N6O10PS. The summed E-state index contributed by atoms with van der Waals surface area (Å²) in [5.41, 5.74) is 4.08. The summed E-state index contributed by atoms with van der Waals surface area (Å²) in [5, 5.41) is 23.5. The average molecular weight is 639 g/mol. The Hall–Kier alpha value is -2.93. The van der Waals surface area contributed by atoms with E-state index in [-0.39, 0.29) is 16.0 Å².